The highest BCUT2D eigenvalue weighted by Gasteiger charge is 2.25. The molecule has 0 aliphatic carbocycles. The average Bonchev–Trinajstić information content (AvgIpc) is 2.53. The molecule has 4 heteroatoms. The third-order valence-corrected chi connectivity index (χ3v) is 4.34. The zero-order valence-electron chi connectivity index (χ0n) is 13.5. The third-order valence-electron chi connectivity index (χ3n) is 4.34. The maximum Gasteiger partial charge on any atom is 0.319 e. The van der Waals surface area contributed by atoms with Crippen molar-refractivity contribution in [2.24, 2.45) is 0 Å². The molecule has 1 aromatic rings. The van der Waals surface area contributed by atoms with Gasteiger partial charge in [0.1, 0.15) is 0 Å². The fourth-order valence-electron chi connectivity index (χ4n) is 2.91. The molecule has 0 unspecified atom stereocenters. The average molecular weight is 289 g/mol. The normalized spacial score (nSPS) is 16.3. The van der Waals surface area contributed by atoms with Crippen molar-refractivity contribution >= 4 is 6.03 Å². The number of amides is 2. The van der Waals surface area contributed by atoms with E-state index in [0.717, 1.165) is 38.9 Å². The monoisotopic (exact) mass is 289 g/mol. The molecule has 0 aromatic heterocycles. The molecule has 1 saturated heterocycles. The molecule has 0 bridgehead atoms. The van der Waals surface area contributed by atoms with E-state index >= 15 is 0 Å². The van der Waals surface area contributed by atoms with Gasteiger partial charge in [-0.1, -0.05) is 30.3 Å². The molecule has 1 fully saturated rings. The maximum absolute atomic E-state index is 11.9. The highest BCUT2D eigenvalue weighted by atomic mass is 16.2. The van der Waals surface area contributed by atoms with Crippen LogP contribution in [0.4, 0.5) is 4.79 Å². The van der Waals surface area contributed by atoms with E-state index in [1.165, 1.54) is 5.56 Å². The lowest BCUT2D eigenvalue weighted by molar-refractivity contribution is 0.122. The fourth-order valence-corrected chi connectivity index (χ4v) is 2.91. The van der Waals surface area contributed by atoms with Gasteiger partial charge >= 0.3 is 6.03 Å². The number of rotatable bonds is 4. The van der Waals surface area contributed by atoms with Gasteiger partial charge in [-0.25, -0.2) is 4.79 Å². The fraction of sp³-hybridized carbons (Fsp3) is 0.588. The Kier molecular flexibility index (Phi) is 5.62. The highest BCUT2D eigenvalue weighted by Crippen LogP contribution is 2.16. The van der Waals surface area contributed by atoms with E-state index in [4.69, 9.17) is 0 Å². The first-order valence-corrected chi connectivity index (χ1v) is 7.78. The quantitative estimate of drug-likeness (QED) is 0.850. The smallest absolute Gasteiger partial charge is 0.319 e. The van der Waals surface area contributed by atoms with E-state index in [0.29, 0.717) is 6.04 Å². The van der Waals surface area contributed by atoms with Crippen LogP contribution in [0.5, 0.6) is 0 Å². The first-order chi connectivity index (χ1) is 10.1. The minimum atomic E-state index is 0.139. The predicted octanol–water partition coefficient (Wildman–Crippen LogP) is 2.31. The number of benzene rings is 1. The van der Waals surface area contributed by atoms with E-state index in [2.05, 4.69) is 42.3 Å². The predicted molar refractivity (Wildman–Crippen MR) is 86.5 cm³/mol. The van der Waals surface area contributed by atoms with E-state index < -0.39 is 0 Å². The SMILES string of the molecule is CN(C)C(=O)N1CCC(N(C)CCc2ccccc2)CC1. The van der Waals surface area contributed by atoms with E-state index in [-0.39, 0.29) is 6.03 Å². The van der Waals surface area contributed by atoms with Crippen molar-refractivity contribution in [1.29, 1.82) is 0 Å². The maximum atomic E-state index is 11.9. The van der Waals surface area contributed by atoms with Crippen LogP contribution in [-0.2, 0) is 6.42 Å². The molecule has 2 amide bonds. The molecule has 1 aliphatic heterocycles. The van der Waals surface area contributed by atoms with Crippen LogP contribution in [0.2, 0.25) is 0 Å². The molecule has 0 atom stereocenters. The summed E-state index contributed by atoms with van der Waals surface area (Å²) < 4.78 is 0. The zero-order chi connectivity index (χ0) is 15.2. The molecule has 1 aromatic carbocycles. The first kappa shape index (κ1) is 15.8. The molecule has 0 N–H and O–H groups in total. The number of hydrogen-bond acceptors (Lipinski definition) is 2. The molecule has 0 radical (unpaired) electrons. The second-order valence-electron chi connectivity index (χ2n) is 6.11. The number of likely N-dealkylation sites (tertiary alicyclic amines) is 1. The van der Waals surface area contributed by atoms with Gasteiger partial charge < -0.3 is 14.7 Å². The summed E-state index contributed by atoms with van der Waals surface area (Å²) in [5.41, 5.74) is 1.39. The number of carbonyl (C=O) groups excluding carboxylic acids is 1. The van der Waals surface area contributed by atoms with Gasteiger partial charge in [0.2, 0.25) is 0 Å². The Hall–Kier alpha value is -1.55. The lowest BCUT2D eigenvalue weighted by atomic mass is 10.0. The number of piperidine rings is 1. The molecule has 1 aliphatic rings. The molecule has 1 heterocycles. The number of carbonyl (C=O) groups is 1. The van der Waals surface area contributed by atoms with Crippen LogP contribution in [0.25, 0.3) is 0 Å². The van der Waals surface area contributed by atoms with Crippen molar-refractivity contribution in [3.05, 3.63) is 35.9 Å². The van der Waals surface area contributed by atoms with Crippen LogP contribution >= 0.6 is 0 Å². The van der Waals surface area contributed by atoms with Crippen molar-refractivity contribution in [2.45, 2.75) is 25.3 Å². The Balaban J connectivity index is 1.75. The second-order valence-corrected chi connectivity index (χ2v) is 6.11. The number of likely N-dealkylation sites (N-methyl/N-ethyl adjacent to an activating group) is 1. The first-order valence-electron chi connectivity index (χ1n) is 7.78. The van der Waals surface area contributed by atoms with Crippen LogP contribution in [0.3, 0.4) is 0 Å². The lowest BCUT2D eigenvalue weighted by Gasteiger charge is -2.37. The minimum absolute atomic E-state index is 0.139. The van der Waals surface area contributed by atoms with Crippen LogP contribution in [-0.4, -0.2) is 67.5 Å². The summed E-state index contributed by atoms with van der Waals surface area (Å²) in [6.45, 7) is 2.82. The van der Waals surface area contributed by atoms with Crippen molar-refractivity contribution in [1.82, 2.24) is 14.7 Å². The Labute approximate surface area is 128 Å². The summed E-state index contributed by atoms with van der Waals surface area (Å²) in [7, 11) is 5.85. The Bertz CT molecular complexity index is 439. The van der Waals surface area contributed by atoms with Gasteiger partial charge in [-0.3, -0.25) is 0 Å². The van der Waals surface area contributed by atoms with Crippen LogP contribution in [0, 0.1) is 0 Å². The summed E-state index contributed by atoms with van der Waals surface area (Å²) in [5, 5.41) is 0. The number of nitrogens with zero attached hydrogens (tertiary/aromatic N) is 3. The molecule has 21 heavy (non-hydrogen) atoms. The second kappa shape index (κ2) is 7.46. The Morgan fingerprint density at radius 3 is 2.33 bits per heavy atom. The van der Waals surface area contributed by atoms with Gasteiger partial charge in [0.05, 0.1) is 0 Å². The molecule has 0 spiro atoms. The van der Waals surface area contributed by atoms with E-state index in [1.54, 1.807) is 4.90 Å². The molecule has 2 rings (SSSR count). The summed E-state index contributed by atoms with van der Waals surface area (Å²) >= 11 is 0. The molecule has 4 nitrogen and oxygen atoms in total. The van der Waals surface area contributed by atoms with E-state index in [1.807, 2.05) is 19.0 Å². The highest BCUT2D eigenvalue weighted by molar-refractivity contribution is 5.73. The molecular formula is C17H27N3O. The molecule has 116 valence electrons. The van der Waals surface area contributed by atoms with Gasteiger partial charge in [0.25, 0.3) is 0 Å². The van der Waals surface area contributed by atoms with Gasteiger partial charge in [0, 0.05) is 39.8 Å². The lowest BCUT2D eigenvalue weighted by Crippen LogP contribution is -2.48. The Morgan fingerprint density at radius 1 is 1.14 bits per heavy atom. The van der Waals surface area contributed by atoms with Gasteiger partial charge in [-0.2, -0.15) is 0 Å². The number of urea groups is 1. The molecule has 0 saturated carbocycles. The summed E-state index contributed by atoms with van der Waals surface area (Å²) in [5.74, 6) is 0. The topological polar surface area (TPSA) is 26.8 Å². The van der Waals surface area contributed by atoms with Gasteiger partial charge in [-0.05, 0) is 31.9 Å². The van der Waals surface area contributed by atoms with Gasteiger partial charge in [-0.15, -0.1) is 0 Å². The van der Waals surface area contributed by atoms with Crippen molar-refractivity contribution in [2.75, 3.05) is 40.8 Å². The minimum Gasteiger partial charge on any atom is -0.331 e. The van der Waals surface area contributed by atoms with Gasteiger partial charge in [0.15, 0.2) is 0 Å². The summed E-state index contributed by atoms with van der Waals surface area (Å²) in [6.07, 6.45) is 3.24. The van der Waals surface area contributed by atoms with Crippen LogP contribution < -0.4 is 0 Å². The third kappa shape index (κ3) is 4.46. The van der Waals surface area contributed by atoms with Crippen molar-refractivity contribution < 1.29 is 4.79 Å². The molecular weight excluding hydrogens is 262 g/mol. The largest absolute Gasteiger partial charge is 0.331 e. The van der Waals surface area contributed by atoms with E-state index in [9.17, 15) is 4.79 Å². The van der Waals surface area contributed by atoms with Crippen LogP contribution in [0.1, 0.15) is 18.4 Å². The van der Waals surface area contributed by atoms with Crippen molar-refractivity contribution in [3.8, 4) is 0 Å². The summed E-state index contributed by atoms with van der Waals surface area (Å²) in [4.78, 5) is 18.0. The summed E-state index contributed by atoms with van der Waals surface area (Å²) in [6, 6.07) is 11.4. The number of hydrogen-bond donors (Lipinski definition) is 0. The Morgan fingerprint density at radius 2 is 1.76 bits per heavy atom. The van der Waals surface area contributed by atoms with Crippen molar-refractivity contribution in [3.63, 3.8) is 0 Å². The standard InChI is InChI=1S/C17H27N3O/c1-18(2)17(21)20-13-10-16(11-14-20)19(3)12-9-15-7-5-4-6-8-15/h4-8,16H,9-14H2,1-3H3. The zero-order valence-corrected chi connectivity index (χ0v) is 13.5. The van der Waals surface area contributed by atoms with Crippen LogP contribution in [0.15, 0.2) is 30.3 Å².